The maximum absolute atomic E-state index is 8.79. The van der Waals surface area contributed by atoms with Gasteiger partial charge in [0, 0.05) is 18.6 Å². The van der Waals surface area contributed by atoms with Crippen LogP contribution >= 0.6 is 11.8 Å². The zero-order valence-electron chi connectivity index (χ0n) is 7.14. The molecule has 0 saturated heterocycles. The van der Waals surface area contributed by atoms with Crippen molar-refractivity contribution < 1.29 is 0 Å². The molecular formula is C9H6N4S. The number of nitriles is 1. The molecule has 0 aliphatic rings. The Balaban J connectivity index is 2.30. The lowest BCUT2D eigenvalue weighted by atomic mass is 10.4. The topological polar surface area (TPSA) is 65.4 Å². The fraction of sp³-hybridized carbons (Fsp3) is 0. The van der Waals surface area contributed by atoms with E-state index in [-0.39, 0.29) is 0 Å². The van der Waals surface area contributed by atoms with Gasteiger partial charge in [-0.1, -0.05) is 0 Å². The standard InChI is InChI=1S/C9H6N4S/c10-6-7-8(2-1-3-11-7)14-9-12-4-5-13-9/h1-5H,(H,12,13). The second-order valence-electron chi connectivity index (χ2n) is 2.46. The van der Waals surface area contributed by atoms with Gasteiger partial charge in [-0.3, -0.25) is 0 Å². The van der Waals surface area contributed by atoms with Crippen LogP contribution in [0.4, 0.5) is 0 Å². The highest BCUT2D eigenvalue weighted by atomic mass is 32.2. The Morgan fingerprint density at radius 3 is 3.00 bits per heavy atom. The molecule has 4 nitrogen and oxygen atoms in total. The first kappa shape index (κ1) is 8.78. The number of rotatable bonds is 2. The third-order valence-electron chi connectivity index (χ3n) is 1.56. The zero-order valence-corrected chi connectivity index (χ0v) is 7.95. The summed E-state index contributed by atoms with van der Waals surface area (Å²) in [6.07, 6.45) is 5.01. The number of imidazole rings is 1. The van der Waals surface area contributed by atoms with Gasteiger partial charge in [-0.15, -0.1) is 0 Å². The maximum atomic E-state index is 8.79. The number of aromatic nitrogens is 3. The minimum Gasteiger partial charge on any atom is -0.339 e. The Morgan fingerprint density at radius 1 is 1.36 bits per heavy atom. The van der Waals surface area contributed by atoms with Gasteiger partial charge in [-0.2, -0.15) is 5.26 Å². The maximum Gasteiger partial charge on any atom is 0.170 e. The molecule has 0 spiro atoms. The predicted molar refractivity (Wildman–Crippen MR) is 51.7 cm³/mol. The number of hydrogen-bond donors (Lipinski definition) is 1. The van der Waals surface area contributed by atoms with E-state index in [0.29, 0.717) is 5.69 Å². The third-order valence-corrected chi connectivity index (χ3v) is 2.52. The quantitative estimate of drug-likeness (QED) is 0.806. The molecule has 0 fully saturated rings. The van der Waals surface area contributed by atoms with E-state index >= 15 is 0 Å². The van der Waals surface area contributed by atoms with Crippen molar-refractivity contribution in [2.75, 3.05) is 0 Å². The van der Waals surface area contributed by atoms with Gasteiger partial charge in [-0.25, -0.2) is 9.97 Å². The first-order valence-corrected chi connectivity index (χ1v) is 4.74. The molecule has 0 unspecified atom stereocenters. The fourth-order valence-electron chi connectivity index (χ4n) is 0.968. The number of hydrogen-bond acceptors (Lipinski definition) is 4. The summed E-state index contributed by atoms with van der Waals surface area (Å²) >= 11 is 1.39. The molecule has 0 saturated carbocycles. The molecule has 0 atom stereocenters. The van der Waals surface area contributed by atoms with E-state index < -0.39 is 0 Å². The molecule has 5 heteroatoms. The highest BCUT2D eigenvalue weighted by Gasteiger charge is 2.05. The SMILES string of the molecule is N#Cc1ncccc1Sc1ncc[nH]1. The second-order valence-corrected chi connectivity index (χ2v) is 3.49. The monoisotopic (exact) mass is 202 g/mol. The van der Waals surface area contributed by atoms with Crippen LogP contribution in [0.2, 0.25) is 0 Å². The summed E-state index contributed by atoms with van der Waals surface area (Å²) < 4.78 is 0. The van der Waals surface area contributed by atoms with E-state index in [4.69, 9.17) is 5.26 Å². The number of H-pyrrole nitrogens is 1. The highest BCUT2D eigenvalue weighted by molar-refractivity contribution is 7.99. The van der Waals surface area contributed by atoms with Gasteiger partial charge >= 0.3 is 0 Å². The average molecular weight is 202 g/mol. The minimum absolute atomic E-state index is 0.425. The number of aromatic amines is 1. The molecule has 2 aromatic heterocycles. The van der Waals surface area contributed by atoms with Crippen molar-refractivity contribution in [3.8, 4) is 6.07 Å². The van der Waals surface area contributed by atoms with Crippen LogP contribution in [0, 0.1) is 11.3 Å². The largest absolute Gasteiger partial charge is 0.339 e. The van der Waals surface area contributed by atoms with Crippen molar-refractivity contribution in [2.24, 2.45) is 0 Å². The normalized spacial score (nSPS) is 9.64. The first-order valence-electron chi connectivity index (χ1n) is 3.92. The van der Waals surface area contributed by atoms with Crippen LogP contribution in [0.25, 0.3) is 0 Å². The van der Waals surface area contributed by atoms with Crippen molar-refractivity contribution in [3.63, 3.8) is 0 Å². The van der Waals surface area contributed by atoms with Gasteiger partial charge in [-0.05, 0) is 23.9 Å². The minimum atomic E-state index is 0.425. The van der Waals surface area contributed by atoms with E-state index in [9.17, 15) is 0 Å². The fourth-order valence-corrected chi connectivity index (χ4v) is 1.76. The Kier molecular flexibility index (Phi) is 2.47. The van der Waals surface area contributed by atoms with Gasteiger partial charge in [0.25, 0.3) is 0 Å². The van der Waals surface area contributed by atoms with Gasteiger partial charge in [0.1, 0.15) is 6.07 Å². The summed E-state index contributed by atoms with van der Waals surface area (Å²) in [6.45, 7) is 0. The molecular weight excluding hydrogens is 196 g/mol. The summed E-state index contributed by atoms with van der Waals surface area (Å²) in [6, 6.07) is 5.68. The van der Waals surface area contributed by atoms with Crippen molar-refractivity contribution in [1.82, 2.24) is 15.0 Å². The lowest BCUT2D eigenvalue weighted by molar-refractivity contribution is 1.05. The van der Waals surface area contributed by atoms with Gasteiger partial charge < -0.3 is 4.98 Å². The Hall–Kier alpha value is -1.80. The zero-order chi connectivity index (χ0) is 9.80. The summed E-state index contributed by atoms with van der Waals surface area (Å²) in [5.74, 6) is 0. The van der Waals surface area contributed by atoms with Crippen LogP contribution in [0.1, 0.15) is 5.69 Å². The van der Waals surface area contributed by atoms with E-state index in [1.54, 1.807) is 24.7 Å². The van der Waals surface area contributed by atoms with Crippen LogP contribution in [-0.2, 0) is 0 Å². The molecule has 0 amide bonds. The molecule has 0 aromatic carbocycles. The molecule has 0 aliphatic carbocycles. The molecule has 0 bridgehead atoms. The summed E-state index contributed by atoms with van der Waals surface area (Å²) in [7, 11) is 0. The average Bonchev–Trinajstić information content (AvgIpc) is 2.71. The molecule has 2 heterocycles. The Labute approximate surface area is 85.0 Å². The first-order chi connectivity index (χ1) is 6.90. The van der Waals surface area contributed by atoms with Crippen LogP contribution in [0.15, 0.2) is 40.8 Å². The number of nitrogens with one attached hydrogen (secondary N) is 1. The van der Waals surface area contributed by atoms with E-state index in [2.05, 4.69) is 15.0 Å². The van der Waals surface area contributed by atoms with E-state index in [1.807, 2.05) is 12.1 Å². The molecule has 68 valence electrons. The summed E-state index contributed by atoms with van der Waals surface area (Å²) in [5, 5.41) is 9.55. The third kappa shape index (κ3) is 1.75. The van der Waals surface area contributed by atoms with E-state index in [1.165, 1.54) is 11.8 Å². The number of nitrogens with zero attached hydrogens (tertiary/aromatic N) is 3. The van der Waals surface area contributed by atoms with Crippen molar-refractivity contribution in [3.05, 3.63) is 36.4 Å². The van der Waals surface area contributed by atoms with E-state index in [0.717, 1.165) is 10.1 Å². The Morgan fingerprint density at radius 2 is 2.29 bits per heavy atom. The van der Waals surface area contributed by atoms with Crippen molar-refractivity contribution in [1.29, 1.82) is 5.26 Å². The second kappa shape index (κ2) is 3.94. The number of pyridine rings is 1. The van der Waals surface area contributed by atoms with Crippen molar-refractivity contribution >= 4 is 11.8 Å². The lowest BCUT2D eigenvalue weighted by Gasteiger charge is -1.98. The summed E-state index contributed by atoms with van der Waals surface area (Å²) in [4.78, 5) is 11.8. The van der Waals surface area contributed by atoms with Crippen LogP contribution in [-0.4, -0.2) is 15.0 Å². The highest BCUT2D eigenvalue weighted by Crippen LogP contribution is 2.25. The van der Waals surface area contributed by atoms with Gasteiger partial charge in [0.15, 0.2) is 10.9 Å². The molecule has 0 aliphatic heterocycles. The van der Waals surface area contributed by atoms with Gasteiger partial charge in [0.2, 0.25) is 0 Å². The molecule has 1 N–H and O–H groups in total. The molecule has 2 aromatic rings. The Bertz CT molecular complexity index is 458. The molecule has 14 heavy (non-hydrogen) atoms. The van der Waals surface area contributed by atoms with Gasteiger partial charge in [0.05, 0.1) is 4.90 Å². The molecule has 2 rings (SSSR count). The lowest BCUT2D eigenvalue weighted by Crippen LogP contribution is -1.85. The van der Waals surface area contributed by atoms with Crippen LogP contribution in [0.5, 0.6) is 0 Å². The van der Waals surface area contributed by atoms with Crippen LogP contribution in [0.3, 0.4) is 0 Å². The van der Waals surface area contributed by atoms with Crippen molar-refractivity contribution in [2.45, 2.75) is 10.1 Å². The predicted octanol–water partition coefficient (Wildman–Crippen LogP) is 1.83. The molecule has 0 radical (unpaired) electrons. The van der Waals surface area contributed by atoms with Crippen LogP contribution < -0.4 is 0 Å². The summed E-state index contributed by atoms with van der Waals surface area (Å²) in [5.41, 5.74) is 0.425. The smallest absolute Gasteiger partial charge is 0.170 e.